The molecule has 0 unspecified atom stereocenters. The van der Waals surface area contributed by atoms with E-state index in [1.54, 1.807) is 23.1 Å². The van der Waals surface area contributed by atoms with Gasteiger partial charge in [-0.2, -0.15) is 5.10 Å². The molecule has 6 nitrogen and oxygen atoms in total. The van der Waals surface area contributed by atoms with Crippen molar-refractivity contribution in [2.75, 3.05) is 5.75 Å². The van der Waals surface area contributed by atoms with Crippen molar-refractivity contribution in [3.05, 3.63) is 36.3 Å². The maximum atomic E-state index is 11.7. The molecule has 1 N–H and O–H groups in total. The van der Waals surface area contributed by atoms with E-state index < -0.39 is 10.0 Å². The van der Waals surface area contributed by atoms with Crippen LogP contribution in [0, 0.1) is 0 Å². The molecular weight excluding hydrogens is 276 g/mol. The normalized spacial score (nSPS) is 11.7. The lowest BCUT2D eigenvalue weighted by atomic mass is 10.1. The molecule has 2 aromatic rings. The first-order chi connectivity index (χ1) is 9.52. The molecule has 108 valence electrons. The van der Waals surface area contributed by atoms with Crippen LogP contribution in [0.2, 0.25) is 0 Å². The molecule has 0 amide bonds. The maximum Gasteiger partial charge on any atom is 0.211 e. The van der Waals surface area contributed by atoms with Gasteiger partial charge in [0, 0.05) is 31.5 Å². The Morgan fingerprint density at radius 1 is 1.40 bits per heavy atom. The minimum Gasteiger partial charge on any atom is -0.275 e. The van der Waals surface area contributed by atoms with Crippen LogP contribution < -0.4 is 4.72 Å². The zero-order chi connectivity index (χ0) is 14.6. The molecule has 0 bridgehead atoms. The number of aromatic nitrogens is 3. The van der Waals surface area contributed by atoms with E-state index in [0.717, 1.165) is 16.8 Å². The highest BCUT2D eigenvalue weighted by Crippen LogP contribution is 2.20. The smallest absolute Gasteiger partial charge is 0.211 e. The van der Waals surface area contributed by atoms with Gasteiger partial charge >= 0.3 is 0 Å². The van der Waals surface area contributed by atoms with Crippen molar-refractivity contribution < 1.29 is 8.42 Å². The SMILES string of the molecule is CCCS(=O)(=O)NCc1cccnc1-c1cnn(C)c1. The van der Waals surface area contributed by atoms with Crippen molar-refractivity contribution in [2.45, 2.75) is 19.9 Å². The van der Waals surface area contributed by atoms with Crippen LogP contribution in [0.3, 0.4) is 0 Å². The number of aryl methyl sites for hydroxylation is 1. The van der Waals surface area contributed by atoms with Gasteiger partial charge in [-0.15, -0.1) is 0 Å². The average molecular weight is 294 g/mol. The average Bonchev–Trinajstić information content (AvgIpc) is 2.83. The number of hydrogen-bond acceptors (Lipinski definition) is 4. The summed E-state index contributed by atoms with van der Waals surface area (Å²) >= 11 is 0. The van der Waals surface area contributed by atoms with Gasteiger partial charge in [0.25, 0.3) is 0 Å². The molecule has 0 aliphatic rings. The van der Waals surface area contributed by atoms with Crippen LogP contribution in [-0.4, -0.2) is 28.9 Å². The molecule has 0 atom stereocenters. The predicted molar refractivity (Wildman–Crippen MR) is 77.4 cm³/mol. The molecule has 2 heterocycles. The predicted octanol–water partition coefficient (Wildman–Crippen LogP) is 1.31. The summed E-state index contributed by atoms with van der Waals surface area (Å²) in [5.74, 6) is 0.134. The number of sulfonamides is 1. The van der Waals surface area contributed by atoms with Crippen molar-refractivity contribution in [1.29, 1.82) is 0 Å². The van der Waals surface area contributed by atoms with Crippen LogP contribution >= 0.6 is 0 Å². The Labute approximate surface area is 118 Å². The van der Waals surface area contributed by atoms with E-state index in [4.69, 9.17) is 0 Å². The minimum atomic E-state index is -3.22. The monoisotopic (exact) mass is 294 g/mol. The molecule has 0 aliphatic heterocycles. The van der Waals surface area contributed by atoms with E-state index in [1.807, 2.05) is 26.2 Å². The van der Waals surface area contributed by atoms with E-state index in [2.05, 4.69) is 14.8 Å². The Hall–Kier alpha value is -1.73. The van der Waals surface area contributed by atoms with Gasteiger partial charge in [-0.05, 0) is 18.1 Å². The van der Waals surface area contributed by atoms with E-state index in [1.165, 1.54) is 0 Å². The second kappa shape index (κ2) is 6.15. The lowest BCUT2D eigenvalue weighted by Crippen LogP contribution is -2.26. The van der Waals surface area contributed by atoms with Gasteiger partial charge in [-0.3, -0.25) is 9.67 Å². The lowest BCUT2D eigenvalue weighted by Gasteiger charge is -2.08. The molecular formula is C13H18N4O2S. The summed E-state index contributed by atoms with van der Waals surface area (Å²) in [5, 5.41) is 4.11. The zero-order valence-electron chi connectivity index (χ0n) is 11.6. The van der Waals surface area contributed by atoms with E-state index in [-0.39, 0.29) is 12.3 Å². The number of hydrogen-bond donors (Lipinski definition) is 1. The highest BCUT2D eigenvalue weighted by Gasteiger charge is 2.12. The summed E-state index contributed by atoms with van der Waals surface area (Å²) in [7, 11) is -1.39. The Kier molecular flexibility index (Phi) is 4.51. The van der Waals surface area contributed by atoms with Crippen LogP contribution in [0.4, 0.5) is 0 Å². The first-order valence-corrected chi connectivity index (χ1v) is 8.07. The van der Waals surface area contributed by atoms with Gasteiger partial charge in [-0.1, -0.05) is 13.0 Å². The molecule has 0 fully saturated rings. The van der Waals surface area contributed by atoms with E-state index in [0.29, 0.717) is 6.42 Å². The number of nitrogens with zero attached hydrogens (tertiary/aromatic N) is 3. The third-order valence-corrected chi connectivity index (χ3v) is 4.35. The molecule has 0 aromatic carbocycles. The first-order valence-electron chi connectivity index (χ1n) is 6.42. The minimum absolute atomic E-state index is 0.134. The van der Waals surface area contributed by atoms with Crippen LogP contribution in [0.25, 0.3) is 11.3 Å². The molecule has 0 radical (unpaired) electrons. The van der Waals surface area contributed by atoms with Crippen LogP contribution in [0.5, 0.6) is 0 Å². The zero-order valence-corrected chi connectivity index (χ0v) is 12.4. The third-order valence-electron chi connectivity index (χ3n) is 2.82. The molecule has 0 spiro atoms. The van der Waals surface area contributed by atoms with Crippen molar-refractivity contribution >= 4 is 10.0 Å². The largest absolute Gasteiger partial charge is 0.275 e. The van der Waals surface area contributed by atoms with Gasteiger partial charge in [0.05, 0.1) is 17.6 Å². The first kappa shape index (κ1) is 14.7. The Bertz CT molecular complexity index is 679. The third kappa shape index (κ3) is 3.64. The molecule has 7 heteroatoms. The summed E-state index contributed by atoms with van der Waals surface area (Å²) in [6.07, 6.45) is 5.85. The van der Waals surface area contributed by atoms with Gasteiger partial charge in [-0.25, -0.2) is 13.1 Å². The van der Waals surface area contributed by atoms with Crippen LogP contribution in [0.1, 0.15) is 18.9 Å². The van der Waals surface area contributed by atoms with Gasteiger partial charge in [0.15, 0.2) is 0 Å². The number of pyridine rings is 1. The van der Waals surface area contributed by atoms with Crippen LogP contribution in [0.15, 0.2) is 30.7 Å². The fraction of sp³-hybridized carbons (Fsp3) is 0.385. The highest BCUT2D eigenvalue weighted by molar-refractivity contribution is 7.89. The fourth-order valence-corrected chi connectivity index (χ4v) is 2.97. The van der Waals surface area contributed by atoms with Gasteiger partial charge in [0.1, 0.15) is 0 Å². The van der Waals surface area contributed by atoms with Gasteiger partial charge < -0.3 is 0 Å². The summed E-state index contributed by atoms with van der Waals surface area (Å²) in [6.45, 7) is 2.07. The Morgan fingerprint density at radius 3 is 2.85 bits per heavy atom. The molecule has 2 aromatic heterocycles. The second-order valence-electron chi connectivity index (χ2n) is 4.55. The van der Waals surface area contributed by atoms with Crippen LogP contribution in [-0.2, 0) is 23.6 Å². The summed E-state index contributed by atoms with van der Waals surface area (Å²) in [4.78, 5) is 4.32. The maximum absolute atomic E-state index is 11.7. The summed E-state index contributed by atoms with van der Waals surface area (Å²) in [5.41, 5.74) is 2.46. The topological polar surface area (TPSA) is 76.9 Å². The van der Waals surface area contributed by atoms with Crippen molar-refractivity contribution in [3.63, 3.8) is 0 Å². The standard InChI is InChI=1S/C13H18N4O2S/c1-3-7-20(18,19)16-9-11-5-4-6-14-13(11)12-8-15-17(2)10-12/h4-6,8,10,16H,3,7,9H2,1-2H3. The highest BCUT2D eigenvalue weighted by atomic mass is 32.2. The fourth-order valence-electron chi connectivity index (χ4n) is 1.91. The summed E-state index contributed by atoms with van der Waals surface area (Å²) in [6, 6.07) is 3.66. The Balaban J connectivity index is 2.21. The lowest BCUT2D eigenvalue weighted by molar-refractivity contribution is 0.580. The molecule has 0 saturated carbocycles. The molecule has 0 saturated heterocycles. The quantitative estimate of drug-likeness (QED) is 0.871. The Morgan fingerprint density at radius 2 is 2.20 bits per heavy atom. The molecule has 2 rings (SSSR count). The molecule has 20 heavy (non-hydrogen) atoms. The van der Waals surface area contributed by atoms with E-state index >= 15 is 0 Å². The van der Waals surface area contributed by atoms with Crippen molar-refractivity contribution in [3.8, 4) is 11.3 Å². The van der Waals surface area contributed by atoms with Crippen molar-refractivity contribution in [2.24, 2.45) is 7.05 Å². The van der Waals surface area contributed by atoms with E-state index in [9.17, 15) is 8.42 Å². The van der Waals surface area contributed by atoms with Gasteiger partial charge in [0.2, 0.25) is 10.0 Å². The number of rotatable bonds is 6. The number of nitrogens with one attached hydrogen (secondary N) is 1. The molecule has 0 aliphatic carbocycles. The second-order valence-corrected chi connectivity index (χ2v) is 6.48. The summed E-state index contributed by atoms with van der Waals surface area (Å²) < 4.78 is 27.7. The van der Waals surface area contributed by atoms with Crippen molar-refractivity contribution in [1.82, 2.24) is 19.5 Å².